The average Bonchev–Trinajstić information content (AvgIpc) is 2.87. The SMILES string of the molecule is CC1CN(C(=O)OC(C)(C)C)CCC1C1(C(=O)O)CCCC1. The van der Waals surface area contributed by atoms with Crippen molar-refractivity contribution in [3.05, 3.63) is 0 Å². The summed E-state index contributed by atoms with van der Waals surface area (Å²) in [6, 6.07) is 0. The molecule has 1 heterocycles. The first kappa shape index (κ1) is 17.1. The Morgan fingerprint density at radius 1 is 1.23 bits per heavy atom. The summed E-state index contributed by atoms with van der Waals surface area (Å²) in [7, 11) is 0. The summed E-state index contributed by atoms with van der Waals surface area (Å²) >= 11 is 0. The maximum Gasteiger partial charge on any atom is 0.410 e. The molecular weight excluding hydrogens is 282 g/mol. The lowest BCUT2D eigenvalue weighted by Crippen LogP contribution is -2.50. The number of aliphatic carboxylic acids is 1. The summed E-state index contributed by atoms with van der Waals surface area (Å²) in [5.74, 6) is -0.297. The van der Waals surface area contributed by atoms with E-state index >= 15 is 0 Å². The zero-order chi connectivity index (χ0) is 16.5. The van der Waals surface area contributed by atoms with Gasteiger partial charge in [-0.25, -0.2) is 4.79 Å². The van der Waals surface area contributed by atoms with Gasteiger partial charge in [0.2, 0.25) is 0 Å². The number of carbonyl (C=O) groups excluding carboxylic acids is 1. The van der Waals surface area contributed by atoms with Gasteiger partial charge in [0, 0.05) is 13.1 Å². The summed E-state index contributed by atoms with van der Waals surface area (Å²) in [4.78, 5) is 25.8. The Morgan fingerprint density at radius 2 is 1.82 bits per heavy atom. The van der Waals surface area contributed by atoms with E-state index in [1.807, 2.05) is 20.8 Å². The van der Waals surface area contributed by atoms with Gasteiger partial charge in [-0.3, -0.25) is 4.79 Å². The monoisotopic (exact) mass is 311 g/mol. The molecule has 1 saturated heterocycles. The Kier molecular flexibility index (Phi) is 4.73. The highest BCUT2D eigenvalue weighted by Crippen LogP contribution is 2.50. The second-order valence-corrected chi connectivity index (χ2v) is 7.97. The minimum atomic E-state index is -0.646. The van der Waals surface area contributed by atoms with E-state index in [2.05, 4.69) is 6.92 Å². The number of amides is 1. The normalized spacial score (nSPS) is 28.5. The van der Waals surface area contributed by atoms with Gasteiger partial charge in [-0.1, -0.05) is 19.8 Å². The quantitative estimate of drug-likeness (QED) is 0.847. The summed E-state index contributed by atoms with van der Waals surface area (Å²) in [5.41, 5.74) is -1.07. The van der Waals surface area contributed by atoms with Crippen LogP contribution in [0.25, 0.3) is 0 Å². The van der Waals surface area contributed by atoms with Gasteiger partial charge in [0.05, 0.1) is 5.41 Å². The van der Waals surface area contributed by atoms with E-state index in [1.54, 1.807) is 4.90 Å². The van der Waals surface area contributed by atoms with Crippen LogP contribution in [0.5, 0.6) is 0 Å². The zero-order valence-corrected chi connectivity index (χ0v) is 14.2. The summed E-state index contributed by atoms with van der Waals surface area (Å²) in [6.07, 6.45) is 4.05. The van der Waals surface area contributed by atoms with Crippen LogP contribution in [0.1, 0.15) is 59.8 Å². The third-order valence-corrected chi connectivity index (χ3v) is 5.19. The van der Waals surface area contributed by atoms with E-state index in [9.17, 15) is 14.7 Å². The van der Waals surface area contributed by atoms with E-state index in [0.29, 0.717) is 13.1 Å². The van der Waals surface area contributed by atoms with E-state index in [4.69, 9.17) is 4.74 Å². The number of ether oxygens (including phenoxy) is 1. The van der Waals surface area contributed by atoms with Crippen molar-refractivity contribution in [3.8, 4) is 0 Å². The molecule has 0 spiro atoms. The van der Waals surface area contributed by atoms with Crippen LogP contribution in [-0.2, 0) is 9.53 Å². The van der Waals surface area contributed by atoms with Crippen molar-refractivity contribution in [1.82, 2.24) is 4.90 Å². The van der Waals surface area contributed by atoms with Crippen molar-refractivity contribution < 1.29 is 19.4 Å². The van der Waals surface area contributed by atoms with Gasteiger partial charge >= 0.3 is 12.1 Å². The fraction of sp³-hybridized carbons (Fsp3) is 0.882. The molecule has 126 valence electrons. The maximum atomic E-state index is 12.2. The Labute approximate surface area is 133 Å². The van der Waals surface area contributed by atoms with Crippen molar-refractivity contribution in [3.63, 3.8) is 0 Å². The number of rotatable bonds is 2. The predicted octanol–water partition coefficient (Wildman–Crippen LogP) is 3.52. The highest BCUT2D eigenvalue weighted by molar-refractivity contribution is 5.75. The van der Waals surface area contributed by atoms with Crippen LogP contribution in [0.4, 0.5) is 4.79 Å². The molecular formula is C17H29NO4. The highest BCUT2D eigenvalue weighted by Gasteiger charge is 2.51. The van der Waals surface area contributed by atoms with Gasteiger partial charge in [-0.05, 0) is 51.9 Å². The molecule has 1 N–H and O–H groups in total. The van der Waals surface area contributed by atoms with Crippen LogP contribution in [0, 0.1) is 17.3 Å². The lowest BCUT2D eigenvalue weighted by molar-refractivity contribution is -0.155. The van der Waals surface area contributed by atoms with Crippen LogP contribution in [-0.4, -0.2) is 40.8 Å². The number of likely N-dealkylation sites (tertiary alicyclic amines) is 1. The number of carboxylic acid groups (broad SMARTS) is 1. The molecule has 2 aliphatic rings. The zero-order valence-electron chi connectivity index (χ0n) is 14.2. The predicted molar refractivity (Wildman–Crippen MR) is 83.6 cm³/mol. The number of nitrogens with zero attached hydrogens (tertiary/aromatic N) is 1. The van der Waals surface area contributed by atoms with Crippen LogP contribution in [0.2, 0.25) is 0 Å². The van der Waals surface area contributed by atoms with Crippen LogP contribution >= 0.6 is 0 Å². The smallest absolute Gasteiger partial charge is 0.410 e. The number of carboxylic acids is 1. The summed E-state index contributed by atoms with van der Waals surface area (Å²) in [5, 5.41) is 9.76. The standard InChI is InChI=1S/C17H29NO4/c1-12-11-18(15(21)22-16(2,3)4)10-7-13(12)17(14(19)20)8-5-6-9-17/h12-13H,5-11H2,1-4H3,(H,19,20). The van der Waals surface area contributed by atoms with Gasteiger partial charge in [-0.15, -0.1) is 0 Å². The fourth-order valence-corrected chi connectivity index (χ4v) is 4.21. The molecule has 0 radical (unpaired) electrons. The van der Waals surface area contributed by atoms with Gasteiger partial charge in [0.1, 0.15) is 5.60 Å². The van der Waals surface area contributed by atoms with E-state index in [1.165, 1.54) is 0 Å². The van der Waals surface area contributed by atoms with Crippen molar-refractivity contribution in [1.29, 1.82) is 0 Å². The van der Waals surface area contributed by atoms with Crippen molar-refractivity contribution in [2.24, 2.45) is 17.3 Å². The molecule has 22 heavy (non-hydrogen) atoms. The van der Waals surface area contributed by atoms with Gasteiger partial charge in [0.25, 0.3) is 0 Å². The molecule has 2 atom stereocenters. The Balaban J connectivity index is 2.04. The molecule has 1 aliphatic carbocycles. The first-order chi connectivity index (χ1) is 10.2. The molecule has 5 nitrogen and oxygen atoms in total. The lowest BCUT2D eigenvalue weighted by atomic mass is 9.65. The molecule has 0 bridgehead atoms. The molecule has 0 aromatic heterocycles. The minimum absolute atomic E-state index is 0.159. The molecule has 2 fully saturated rings. The first-order valence-corrected chi connectivity index (χ1v) is 8.37. The van der Waals surface area contributed by atoms with Crippen LogP contribution in [0.15, 0.2) is 0 Å². The molecule has 2 unspecified atom stereocenters. The average molecular weight is 311 g/mol. The topological polar surface area (TPSA) is 66.8 Å². The minimum Gasteiger partial charge on any atom is -0.481 e. The maximum absolute atomic E-state index is 12.2. The third-order valence-electron chi connectivity index (χ3n) is 5.19. The second-order valence-electron chi connectivity index (χ2n) is 7.97. The van der Waals surface area contributed by atoms with E-state index in [0.717, 1.165) is 32.1 Å². The Morgan fingerprint density at radius 3 is 2.27 bits per heavy atom. The largest absolute Gasteiger partial charge is 0.481 e. The lowest BCUT2D eigenvalue weighted by Gasteiger charge is -2.44. The van der Waals surface area contributed by atoms with Crippen molar-refractivity contribution >= 4 is 12.1 Å². The first-order valence-electron chi connectivity index (χ1n) is 8.37. The number of piperidine rings is 1. The van der Waals surface area contributed by atoms with Gasteiger partial charge in [-0.2, -0.15) is 0 Å². The summed E-state index contributed by atoms with van der Waals surface area (Å²) in [6.45, 7) is 8.84. The van der Waals surface area contributed by atoms with Crippen molar-refractivity contribution in [2.75, 3.05) is 13.1 Å². The Hall–Kier alpha value is -1.26. The van der Waals surface area contributed by atoms with Crippen molar-refractivity contribution in [2.45, 2.75) is 65.4 Å². The van der Waals surface area contributed by atoms with Crippen LogP contribution in [0.3, 0.4) is 0 Å². The fourth-order valence-electron chi connectivity index (χ4n) is 4.21. The molecule has 5 heteroatoms. The number of carbonyl (C=O) groups is 2. The highest BCUT2D eigenvalue weighted by atomic mass is 16.6. The third kappa shape index (κ3) is 3.39. The molecule has 0 aromatic carbocycles. The molecule has 2 rings (SSSR count). The van der Waals surface area contributed by atoms with Crippen LogP contribution < -0.4 is 0 Å². The number of hydrogen-bond acceptors (Lipinski definition) is 3. The Bertz CT molecular complexity index is 434. The molecule has 1 aliphatic heterocycles. The number of hydrogen-bond donors (Lipinski definition) is 1. The second kappa shape index (κ2) is 6.09. The summed E-state index contributed by atoms with van der Waals surface area (Å²) < 4.78 is 5.43. The van der Waals surface area contributed by atoms with E-state index < -0.39 is 17.0 Å². The molecule has 1 amide bonds. The molecule has 0 aromatic rings. The van der Waals surface area contributed by atoms with Gasteiger partial charge < -0.3 is 14.7 Å². The molecule has 1 saturated carbocycles. The van der Waals surface area contributed by atoms with E-state index in [-0.39, 0.29) is 17.9 Å². The van der Waals surface area contributed by atoms with Gasteiger partial charge in [0.15, 0.2) is 0 Å².